The van der Waals surface area contributed by atoms with E-state index in [-0.39, 0.29) is 11.9 Å². The first-order valence-electron chi connectivity index (χ1n) is 4.82. The van der Waals surface area contributed by atoms with Crippen LogP contribution in [0.15, 0.2) is 9.98 Å². The largest absolute Gasteiger partial charge is 0.844 e. The molecule has 2 unspecified atom stereocenters. The normalized spacial score (nSPS) is 22.4. The van der Waals surface area contributed by atoms with E-state index in [2.05, 4.69) is 9.98 Å². The summed E-state index contributed by atoms with van der Waals surface area (Å²) >= 11 is 0. The van der Waals surface area contributed by atoms with Gasteiger partial charge in [-0.25, -0.2) is 4.99 Å². The van der Waals surface area contributed by atoms with Crippen molar-refractivity contribution in [3.63, 3.8) is 0 Å². The fraction of sp³-hybridized carbons (Fsp3) is 0.625. The molecule has 8 heteroatoms. The van der Waals surface area contributed by atoms with E-state index in [0.29, 0.717) is 0 Å². The van der Waals surface area contributed by atoms with Crippen LogP contribution in [0, 0.1) is 10.1 Å². The zero-order valence-electron chi connectivity index (χ0n) is 8.91. The summed E-state index contributed by atoms with van der Waals surface area (Å²) < 4.78 is 0. The first-order chi connectivity index (χ1) is 7.45. The smallest absolute Gasteiger partial charge is 0.382 e. The lowest BCUT2D eigenvalue weighted by Gasteiger charge is -2.16. The number of nitrogens with two attached hydrogens (primary N) is 1. The molecule has 1 aliphatic heterocycles. The lowest BCUT2D eigenvalue weighted by atomic mass is 10.2. The van der Waals surface area contributed by atoms with Gasteiger partial charge in [0, 0.05) is 4.92 Å². The minimum Gasteiger partial charge on any atom is -0.844 e. The number of hydrogen-bond acceptors (Lipinski definition) is 5. The van der Waals surface area contributed by atoms with Crippen LogP contribution >= 0.6 is 0 Å². The third kappa shape index (κ3) is 2.60. The molecule has 1 aliphatic rings. The predicted octanol–water partition coefficient (Wildman–Crippen LogP) is -2.35. The third-order valence-electron chi connectivity index (χ3n) is 2.25. The van der Waals surface area contributed by atoms with Crippen LogP contribution in [0.1, 0.15) is 20.3 Å². The molecule has 0 aliphatic carbocycles. The molecule has 0 saturated carbocycles. The topological polar surface area (TPSA) is 125 Å². The maximum absolute atomic E-state index is 11.2. The minimum absolute atomic E-state index is 0.0138. The summed E-state index contributed by atoms with van der Waals surface area (Å²) in [5, 5.41) is 23.0. The summed E-state index contributed by atoms with van der Waals surface area (Å²) in [6.07, 6.45) is 0.739. The quantitative estimate of drug-likeness (QED) is 0.428. The molecular formula is C8H12N4O4. The number of amidine groups is 2. The van der Waals surface area contributed by atoms with E-state index >= 15 is 0 Å². The second kappa shape index (κ2) is 4.79. The highest BCUT2D eigenvalue weighted by atomic mass is 16.6. The van der Waals surface area contributed by atoms with Gasteiger partial charge in [0.1, 0.15) is 0 Å². The minimum atomic E-state index is -1.63. The Morgan fingerprint density at radius 1 is 1.56 bits per heavy atom. The summed E-state index contributed by atoms with van der Waals surface area (Å²) in [7, 11) is 0. The van der Waals surface area contributed by atoms with Gasteiger partial charge in [-0.1, -0.05) is 6.92 Å². The molecule has 0 saturated heterocycles. The maximum Gasteiger partial charge on any atom is 0.382 e. The van der Waals surface area contributed by atoms with Gasteiger partial charge in [-0.15, -0.1) is 0 Å². The number of aliphatic imine (C=N–C) groups is 2. The second-order valence-corrected chi connectivity index (χ2v) is 3.51. The van der Waals surface area contributed by atoms with Gasteiger partial charge in [0.25, 0.3) is 5.84 Å². The molecule has 0 spiro atoms. The number of nitrogens with zero attached hydrogens (tertiary/aromatic N) is 3. The van der Waals surface area contributed by atoms with E-state index < -0.39 is 22.9 Å². The number of carbonyl (C=O) groups excluding carboxylic acids is 1. The number of amides is 1. The van der Waals surface area contributed by atoms with Gasteiger partial charge in [0.15, 0.2) is 0 Å². The van der Waals surface area contributed by atoms with E-state index in [0.717, 1.165) is 6.42 Å². The van der Waals surface area contributed by atoms with Gasteiger partial charge in [0.2, 0.25) is 0 Å². The van der Waals surface area contributed by atoms with Crippen molar-refractivity contribution in [1.29, 1.82) is 0 Å². The molecule has 0 radical (unpaired) electrons. The SMILES string of the molecule is CCC(C)[NH2+]C1=NC([O-])=NC(=O)C1[N+](=O)[O-]. The molecule has 0 aromatic carbocycles. The van der Waals surface area contributed by atoms with Crippen molar-refractivity contribution in [3.05, 3.63) is 10.1 Å². The fourth-order valence-corrected chi connectivity index (χ4v) is 1.21. The molecule has 0 aromatic rings. The fourth-order valence-electron chi connectivity index (χ4n) is 1.21. The average Bonchev–Trinajstić information content (AvgIpc) is 2.15. The molecule has 0 aromatic heterocycles. The number of carbonyl (C=O) groups is 1. The Bertz CT molecular complexity index is 376. The second-order valence-electron chi connectivity index (χ2n) is 3.51. The standard InChI is InChI=1S/C8H12N4O4/c1-3-4(2)9-6-5(12(15)16)7(13)11-8(14)10-6/h4-5H,3H2,1-2H3,(H2,9,10,11,13,14). The van der Waals surface area contributed by atoms with Crippen LogP contribution in [0.25, 0.3) is 0 Å². The summed E-state index contributed by atoms with van der Waals surface area (Å²) in [5.41, 5.74) is 0. The van der Waals surface area contributed by atoms with E-state index in [4.69, 9.17) is 0 Å². The number of rotatable bonds is 3. The summed E-state index contributed by atoms with van der Waals surface area (Å²) in [6.45, 7) is 3.71. The van der Waals surface area contributed by atoms with Crippen molar-refractivity contribution in [2.75, 3.05) is 0 Å². The number of quaternary nitrogens is 1. The number of nitro groups is 1. The molecule has 88 valence electrons. The molecule has 1 rings (SSSR count). The summed E-state index contributed by atoms with van der Waals surface area (Å²) in [6, 6.07) is -2.59. The highest BCUT2D eigenvalue weighted by molar-refractivity contribution is 6.11. The van der Waals surface area contributed by atoms with Crippen molar-refractivity contribution in [3.8, 4) is 0 Å². The zero-order chi connectivity index (χ0) is 12.3. The lowest BCUT2D eigenvalue weighted by molar-refractivity contribution is -0.601. The number of hydrogen-bond donors (Lipinski definition) is 1. The Hall–Kier alpha value is -1.83. The molecule has 0 fully saturated rings. The van der Waals surface area contributed by atoms with Crippen molar-refractivity contribution < 1.29 is 20.1 Å². The molecule has 16 heavy (non-hydrogen) atoms. The van der Waals surface area contributed by atoms with Crippen LogP contribution < -0.4 is 10.4 Å². The van der Waals surface area contributed by atoms with Gasteiger partial charge >= 0.3 is 11.9 Å². The average molecular weight is 228 g/mol. The lowest BCUT2D eigenvalue weighted by Crippen LogP contribution is -2.95. The summed E-state index contributed by atoms with van der Waals surface area (Å²) in [5.74, 6) is -1.16. The first kappa shape index (κ1) is 12.2. The van der Waals surface area contributed by atoms with E-state index in [1.54, 1.807) is 0 Å². The van der Waals surface area contributed by atoms with Crippen molar-refractivity contribution >= 4 is 17.8 Å². The Morgan fingerprint density at radius 3 is 2.69 bits per heavy atom. The van der Waals surface area contributed by atoms with E-state index in [9.17, 15) is 20.0 Å². The van der Waals surface area contributed by atoms with Crippen LogP contribution in [-0.4, -0.2) is 34.8 Å². The van der Waals surface area contributed by atoms with Crippen LogP contribution in [0.3, 0.4) is 0 Å². The van der Waals surface area contributed by atoms with E-state index in [1.165, 1.54) is 5.32 Å². The summed E-state index contributed by atoms with van der Waals surface area (Å²) in [4.78, 5) is 27.4. The molecule has 1 heterocycles. The van der Waals surface area contributed by atoms with Crippen molar-refractivity contribution in [2.24, 2.45) is 9.98 Å². The van der Waals surface area contributed by atoms with Gasteiger partial charge in [0.05, 0.1) is 12.1 Å². The first-order valence-corrected chi connectivity index (χ1v) is 4.82. The Morgan fingerprint density at radius 2 is 2.19 bits per heavy atom. The Kier molecular flexibility index (Phi) is 3.67. The maximum atomic E-state index is 11.2. The van der Waals surface area contributed by atoms with Gasteiger partial charge in [-0.05, 0) is 13.3 Å². The highest BCUT2D eigenvalue weighted by Gasteiger charge is 2.41. The monoisotopic (exact) mass is 228 g/mol. The van der Waals surface area contributed by atoms with Gasteiger partial charge < -0.3 is 5.11 Å². The zero-order valence-corrected chi connectivity index (χ0v) is 8.91. The third-order valence-corrected chi connectivity index (χ3v) is 2.25. The van der Waals surface area contributed by atoms with Crippen LogP contribution in [0.5, 0.6) is 0 Å². The van der Waals surface area contributed by atoms with Crippen LogP contribution in [-0.2, 0) is 4.79 Å². The predicted molar refractivity (Wildman–Crippen MR) is 52.3 cm³/mol. The molecular weight excluding hydrogens is 216 g/mol. The molecule has 2 atom stereocenters. The van der Waals surface area contributed by atoms with Crippen molar-refractivity contribution in [2.45, 2.75) is 32.4 Å². The molecule has 1 amide bonds. The van der Waals surface area contributed by atoms with Gasteiger partial charge in [-0.3, -0.25) is 20.2 Å². The highest BCUT2D eigenvalue weighted by Crippen LogP contribution is 2.00. The van der Waals surface area contributed by atoms with Crippen LogP contribution in [0.4, 0.5) is 0 Å². The van der Waals surface area contributed by atoms with Crippen molar-refractivity contribution in [1.82, 2.24) is 0 Å². The molecule has 8 nitrogen and oxygen atoms in total. The Labute approximate surface area is 91.2 Å². The van der Waals surface area contributed by atoms with E-state index in [1.807, 2.05) is 13.8 Å². The van der Waals surface area contributed by atoms with Gasteiger partial charge in [-0.2, -0.15) is 4.99 Å². The molecule has 0 bridgehead atoms. The van der Waals surface area contributed by atoms with Crippen LogP contribution in [0.2, 0.25) is 0 Å². The molecule has 2 N–H and O–H groups in total. The Balaban J connectivity index is 2.95.